The fraction of sp³-hybridized carbons (Fsp3) is 0.500. The maximum atomic E-state index is 3.99. The molecule has 0 radical (unpaired) electrons. The number of nitrogens with zero attached hydrogens (tertiary/aromatic N) is 2. The van der Waals surface area contributed by atoms with Crippen molar-refractivity contribution in [3.8, 4) is 0 Å². The minimum absolute atomic E-state index is 0.635. The summed E-state index contributed by atoms with van der Waals surface area (Å²) in [5, 5.41) is 3.32. The summed E-state index contributed by atoms with van der Waals surface area (Å²) in [7, 11) is 0. The Kier molecular flexibility index (Phi) is 1.81. The van der Waals surface area contributed by atoms with Crippen LogP contribution >= 0.6 is 0 Å². The van der Waals surface area contributed by atoms with Gasteiger partial charge in [0.2, 0.25) is 0 Å². The van der Waals surface area contributed by atoms with E-state index < -0.39 is 0 Å². The Morgan fingerprint density at radius 3 is 2.82 bits per heavy atom. The first-order chi connectivity index (χ1) is 5.47. The molecule has 1 aromatic heterocycles. The van der Waals surface area contributed by atoms with E-state index in [0.717, 1.165) is 13.1 Å². The van der Waals surface area contributed by atoms with Crippen LogP contribution in [0.25, 0.3) is 0 Å². The molecule has 1 aliphatic rings. The van der Waals surface area contributed by atoms with Gasteiger partial charge in [-0.3, -0.25) is 0 Å². The highest BCUT2D eigenvalue weighted by Gasteiger charge is 2.16. The topological polar surface area (TPSA) is 37.8 Å². The van der Waals surface area contributed by atoms with E-state index in [0.29, 0.717) is 5.92 Å². The van der Waals surface area contributed by atoms with Crippen LogP contribution < -0.4 is 5.32 Å². The fourth-order valence-electron chi connectivity index (χ4n) is 1.46. The summed E-state index contributed by atoms with van der Waals surface area (Å²) < 4.78 is 0. The third-order valence-electron chi connectivity index (χ3n) is 2.11. The van der Waals surface area contributed by atoms with Gasteiger partial charge in [0.05, 0.1) is 0 Å². The van der Waals surface area contributed by atoms with Crippen molar-refractivity contribution in [2.24, 2.45) is 0 Å². The normalized spacial score (nSPS) is 23.8. The Morgan fingerprint density at radius 2 is 2.18 bits per heavy atom. The average molecular weight is 149 g/mol. The smallest absolute Gasteiger partial charge is 0.115 e. The Balaban J connectivity index is 2.16. The molecular weight excluding hydrogens is 138 g/mol. The van der Waals surface area contributed by atoms with E-state index in [1.807, 2.05) is 12.4 Å². The van der Waals surface area contributed by atoms with Crippen molar-refractivity contribution < 1.29 is 0 Å². The van der Waals surface area contributed by atoms with Gasteiger partial charge in [-0.15, -0.1) is 0 Å². The van der Waals surface area contributed by atoms with Crippen molar-refractivity contribution in [1.82, 2.24) is 15.3 Å². The van der Waals surface area contributed by atoms with Crippen molar-refractivity contribution in [2.45, 2.75) is 12.3 Å². The Labute approximate surface area is 65.9 Å². The quantitative estimate of drug-likeness (QED) is 0.633. The number of hydrogen-bond donors (Lipinski definition) is 1. The minimum Gasteiger partial charge on any atom is -0.316 e. The molecule has 1 saturated heterocycles. The molecule has 0 aromatic carbocycles. The molecule has 1 unspecified atom stereocenters. The zero-order valence-corrected chi connectivity index (χ0v) is 6.33. The predicted molar refractivity (Wildman–Crippen MR) is 42.3 cm³/mol. The first-order valence-electron chi connectivity index (χ1n) is 3.92. The number of hydrogen-bond acceptors (Lipinski definition) is 3. The second-order valence-electron chi connectivity index (χ2n) is 2.86. The van der Waals surface area contributed by atoms with E-state index in [-0.39, 0.29) is 0 Å². The van der Waals surface area contributed by atoms with Gasteiger partial charge in [0, 0.05) is 24.9 Å². The molecular formula is C8H11N3. The van der Waals surface area contributed by atoms with Gasteiger partial charge in [-0.05, 0) is 18.5 Å². The summed E-state index contributed by atoms with van der Waals surface area (Å²) in [5.74, 6) is 0.635. The SMILES string of the molecule is c1ncc(C2CCNC2)cn1. The van der Waals surface area contributed by atoms with Gasteiger partial charge >= 0.3 is 0 Å². The molecule has 0 aliphatic carbocycles. The van der Waals surface area contributed by atoms with E-state index >= 15 is 0 Å². The van der Waals surface area contributed by atoms with Crippen LogP contribution in [0.15, 0.2) is 18.7 Å². The van der Waals surface area contributed by atoms with Crippen LogP contribution in [0.4, 0.5) is 0 Å². The van der Waals surface area contributed by atoms with Crippen LogP contribution in [0, 0.1) is 0 Å². The van der Waals surface area contributed by atoms with Crippen LogP contribution in [0.1, 0.15) is 17.9 Å². The fourth-order valence-corrected chi connectivity index (χ4v) is 1.46. The predicted octanol–water partition coefficient (Wildman–Crippen LogP) is 0.553. The van der Waals surface area contributed by atoms with Crippen molar-refractivity contribution >= 4 is 0 Å². The van der Waals surface area contributed by atoms with Crippen LogP contribution in [0.2, 0.25) is 0 Å². The average Bonchev–Trinajstić information content (AvgIpc) is 2.58. The lowest BCUT2D eigenvalue weighted by molar-refractivity contribution is 0.752. The highest BCUT2D eigenvalue weighted by molar-refractivity contribution is 5.12. The molecule has 3 heteroatoms. The molecule has 1 N–H and O–H groups in total. The molecule has 1 fully saturated rings. The summed E-state index contributed by atoms with van der Waals surface area (Å²) in [6.07, 6.45) is 6.61. The lowest BCUT2D eigenvalue weighted by Crippen LogP contribution is -2.08. The molecule has 0 amide bonds. The maximum Gasteiger partial charge on any atom is 0.115 e. The third kappa shape index (κ3) is 1.38. The standard InChI is InChI=1S/C8H11N3/c1-2-9-3-7(1)8-4-10-6-11-5-8/h4-7,9H,1-3H2. The summed E-state index contributed by atoms with van der Waals surface area (Å²) in [4.78, 5) is 7.98. The zero-order chi connectivity index (χ0) is 7.52. The Hall–Kier alpha value is -0.960. The highest BCUT2D eigenvalue weighted by atomic mass is 14.9. The van der Waals surface area contributed by atoms with E-state index in [2.05, 4.69) is 15.3 Å². The van der Waals surface area contributed by atoms with Crippen molar-refractivity contribution in [1.29, 1.82) is 0 Å². The lowest BCUT2D eigenvalue weighted by atomic mass is 10.0. The molecule has 0 bridgehead atoms. The third-order valence-corrected chi connectivity index (χ3v) is 2.11. The van der Waals surface area contributed by atoms with E-state index in [4.69, 9.17) is 0 Å². The van der Waals surface area contributed by atoms with Crippen LogP contribution in [-0.4, -0.2) is 23.1 Å². The first-order valence-corrected chi connectivity index (χ1v) is 3.92. The van der Waals surface area contributed by atoms with Crippen LogP contribution in [-0.2, 0) is 0 Å². The van der Waals surface area contributed by atoms with Gasteiger partial charge in [0.25, 0.3) is 0 Å². The van der Waals surface area contributed by atoms with Crippen molar-refractivity contribution in [3.63, 3.8) is 0 Å². The van der Waals surface area contributed by atoms with E-state index in [9.17, 15) is 0 Å². The minimum atomic E-state index is 0.635. The second kappa shape index (κ2) is 2.96. The van der Waals surface area contributed by atoms with Crippen molar-refractivity contribution in [2.75, 3.05) is 13.1 Å². The maximum absolute atomic E-state index is 3.99. The van der Waals surface area contributed by atoms with Gasteiger partial charge < -0.3 is 5.32 Å². The summed E-state index contributed by atoms with van der Waals surface area (Å²) >= 11 is 0. The number of rotatable bonds is 1. The molecule has 3 nitrogen and oxygen atoms in total. The van der Waals surface area contributed by atoms with E-state index in [1.54, 1.807) is 6.33 Å². The monoisotopic (exact) mass is 149 g/mol. The molecule has 1 aliphatic heterocycles. The molecule has 58 valence electrons. The van der Waals surface area contributed by atoms with Gasteiger partial charge in [-0.1, -0.05) is 0 Å². The van der Waals surface area contributed by atoms with Crippen molar-refractivity contribution in [3.05, 3.63) is 24.3 Å². The summed E-state index contributed by atoms with van der Waals surface area (Å²) in [6, 6.07) is 0. The van der Waals surface area contributed by atoms with Gasteiger partial charge in [0.1, 0.15) is 6.33 Å². The number of aromatic nitrogens is 2. The van der Waals surface area contributed by atoms with Crippen LogP contribution in [0.3, 0.4) is 0 Å². The Bertz CT molecular complexity index is 216. The molecule has 0 spiro atoms. The molecule has 0 saturated carbocycles. The lowest BCUT2D eigenvalue weighted by Gasteiger charge is -2.05. The molecule has 1 atom stereocenters. The second-order valence-corrected chi connectivity index (χ2v) is 2.86. The van der Waals surface area contributed by atoms with Crippen LogP contribution in [0.5, 0.6) is 0 Å². The van der Waals surface area contributed by atoms with Gasteiger partial charge in [0.15, 0.2) is 0 Å². The summed E-state index contributed by atoms with van der Waals surface area (Å²) in [5.41, 5.74) is 1.26. The molecule has 2 heterocycles. The first kappa shape index (κ1) is 6.73. The van der Waals surface area contributed by atoms with Gasteiger partial charge in [-0.2, -0.15) is 0 Å². The zero-order valence-electron chi connectivity index (χ0n) is 6.33. The molecule has 2 rings (SSSR count). The largest absolute Gasteiger partial charge is 0.316 e. The van der Waals surface area contributed by atoms with Gasteiger partial charge in [-0.25, -0.2) is 9.97 Å². The van der Waals surface area contributed by atoms with E-state index in [1.165, 1.54) is 12.0 Å². The number of nitrogens with one attached hydrogen (secondary N) is 1. The molecule has 11 heavy (non-hydrogen) atoms. The summed E-state index contributed by atoms with van der Waals surface area (Å²) in [6.45, 7) is 2.20. The highest BCUT2D eigenvalue weighted by Crippen LogP contribution is 2.19. The Morgan fingerprint density at radius 1 is 1.36 bits per heavy atom. The molecule has 1 aromatic rings.